The van der Waals surface area contributed by atoms with Gasteiger partial charge in [0.25, 0.3) is 0 Å². The van der Waals surface area contributed by atoms with Gasteiger partial charge in [-0.2, -0.15) is 11.8 Å². The molecular formula is C11H23NO5S2. The fourth-order valence-corrected chi connectivity index (χ4v) is 4.86. The Kier molecular flexibility index (Phi) is 7.63. The number of methoxy groups -OCH3 is 1. The highest BCUT2D eigenvalue weighted by Gasteiger charge is 2.31. The molecule has 8 heteroatoms. The molecule has 1 fully saturated rings. The van der Waals surface area contributed by atoms with Gasteiger partial charge >= 0.3 is 0 Å². The van der Waals surface area contributed by atoms with Crippen molar-refractivity contribution >= 4 is 21.6 Å². The third-order valence-corrected chi connectivity index (χ3v) is 5.56. The number of hydrogen-bond donors (Lipinski definition) is 1. The zero-order valence-electron chi connectivity index (χ0n) is 11.4. The Hall–Kier alpha value is 0.140. The molecule has 1 aliphatic rings. The Balaban J connectivity index is 2.40. The highest BCUT2D eigenvalue weighted by molar-refractivity contribution is 8.00. The molecule has 114 valence electrons. The fourth-order valence-electron chi connectivity index (χ4n) is 1.90. The molecular weight excluding hydrogens is 290 g/mol. The Bertz CT molecular complexity index is 349. The lowest BCUT2D eigenvalue weighted by molar-refractivity contribution is -0.00101. The summed E-state index contributed by atoms with van der Waals surface area (Å²) in [6.45, 7) is 2.12. The fraction of sp³-hybridized carbons (Fsp3) is 1.00. The van der Waals surface area contributed by atoms with E-state index in [1.807, 2.05) is 4.90 Å². The van der Waals surface area contributed by atoms with Crippen molar-refractivity contribution in [3.63, 3.8) is 0 Å². The molecule has 2 unspecified atom stereocenters. The topological polar surface area (TPSA) is 76.1 Å². The SMILES string of the molecule is COCCOCC(O)CN1CCSCC1S(C)(=O)=O. The summed E-state index contributed by atoms with van der Waals surface area (Å²) in [5.74, 6) is 1.46. The standard InChI is InChI=1S/C11H23NO5S2/c1-16-4-5-17-8-10(13)7-12-3-6-18-9-11(12)19(2,14)15/h10-11,13H,3-9H2,1-2H3. The Morgan fingerprint density at radius 1 is 1.47 bits per heavy atom. The molecule has 0 aromatic rings. The molecule has 0 spiro atoms. The number of rotatable bonds is 8. The minimum Gasteiger partial charge on any atom is -0.389 e. The molecule has 0 radical (unpaired) electrons. The predicted octanol–water partition coefficient (Wildman–Crippen LogP) is -0.570. The highest BCUT2D eigenvalue weighted by Crippen LogP contribution is 2.20. The van der Waals surface area contributed by atoms with Gasteiger partial charge in [-0.3, -0.25) is 4.90 Å². The van der Waals surface area contributed by atoms with Crippen molar-refractivity contribution in [3.8, 4) is 0 Å². The zero-order chi connectivity index (χ0) is 14.3. The molecule has 6 nitrogen and oxygen atoms in total. The lowest BCUT2D eigenvalue weighted by atomic mass is 10.3. The predicted molar refractivity (Wildman–Crippen MR) is 76.2 cm³/mol. The summed E-state index contributed by atoms with van der Waals surface area (Å²) >= 11 is 1.63. The van der Waals surface area contributed by atoms with E-state index in [-0.39, 0.29) is 6.61 Å². The van der Waals surface area contributed by atoms with Crippen molar-refractivity contribution in [1.29, 1.82) is 0 Å². The van der Waals surface area contributed by atoms with Crippen LogP contribution in [0.1, 0.15) is 0 Å². The maximum atomic E-state index is 11.7. The second-order valence-corrected chi connectivity index (χ2v) is 7.93. The van der Waals surface area contributed by atoms with Gasteiger partial charge in [0.1, 0.15) is 5.37 Å². The second kappa shape index (κ2) is 8.43. The van der Waals surface area contributed by atoms with Gasteiger partial charge in [0.05, 0.1) is 25.9 Å². The van der Waals surface area contributed by atoms with Crippen molar-refractivity contribution in [2.45, 2.75) is 11.5 Å². The molecule has 0 aromatic carbocycles. The Morgan fingerprint density at radius 2 is 2.21 bits per heavy atom. The van der Waals surface area contributed by atoms with Crippen molar-refractivity contribution in [2.24, 2.45) is 0 Å². The van der Waals surface area contributed by atoms with E-state index in [2.05, 4.69) is 0 Å². The first-order valence-electron chi connectivity index (χ1n) is 6.20. The number of β-amino-alcohol motifs (C(OH)–C–C–N with tert-alkyl or cyclic N) is 1. The Labute approximate surface area is 119 Å². The molecule has 19 heavy (non-hydrogen) atoms. The van der Waals surface area contributed by atoms with Crippen molar-refractivity contribution < 1.29 is 23.0 Å². The number of sulfone groups is 1. The third-order valence-electron chi connectivity index (χ3n) is 2.87. The van der Waals surface area contributed by atoms with Gasteiger partial charge in [0.15, 0.2) is 9.84 Å². The number of aliphatic hydroxyl groups excluding tert-OH is 1. The van der Waals surface area contributed by atoms with Crippen LogP contribution in [-0.4, -0.2) is 87.7 Å². The lowest BCUT2D eigenvalue weighted by Crippen LogP contribution is -2.50. The lowest BCUT2D eigenvalue weighted by Gasteiger charge is -2.35. The maximum absolute atomic E-state index is 11.7. The molecule has 0 aromatic heterocycles. The molecule has 1 N–H and O–H groups in total. The van der Waals surface area contributed by atoms with E-state index in [0.717, 1.165) is 5.75 Å². The average Bonchev–Trinajstić information content (AvgIpc) is 2.34. The zero-order valence-corrected chi connectivity index (χ0v) is 13.1. The minimum absolute atomic E-state index is 0.198. The van der Waals surface area contributed by atoms with E-state index in [9.17, 15) is 13.5 Å². The highest BCUT2D eigenvalue weighted by atomic mass is 32.2. The van der Waals surface area contributed by atoms with Crippen LogP contribution in [0.3, 0.4) is 0 Å². The molecule has 1 saturated heterocycles. The van der Waals surface area contributed by atoms with Crippen LogP contribution in [0.25, 0.3) is 0 Å². The minimum atomic E-state index is -3.12. The molecule has 0 amide bonds. The Morgan fingerprint density at radius 3 is 2.84 bits per heavy atom. The molecule has 0 saturated carbocycles. The second-order valence-electron chi connectivity index (χ2n) is 4.58. The van der Waals surface area contributed by atoms with E-state index in [1.54, 1.807) is 18.9 Å². The van der Waals surface area contributed by atoms with Crippen molar-refractivity contribution in [3.05, 3.63) is 0 Å². The third kappa shape index (κ3) is 6.42. The molecule has 0 aliphatic carbocycles. The van der Waals surface area contributed by atoms with Crippen LogP contribution in [0.5, 0.6) is 0 Å². The van der Waals surface area contributed by atoms with Crippen molar-refractivity contribution in [1.82, 2.24) is 4.90 Å². The van der Waals surface area contributed by atoms with Crippen LogP contribution in [0.15, 0.2) is 0 Å². The monoisotopic (exact) mass is 313 g/mol. The normalized spacial score (nSPS) is 23.4. The van der Waals surface area contributed by atoms with E-state index < -0.39 is 21.3 Å². The summed E-state index contributed by atoms with van der Waals surface area (Å²) in [6.07, 6.45) is 0.571. The van der Waals surface area contributed by atoms with Gasteiger partial charge in [-0.05, 0) is 0 Å². The van der Waals surface area contributed by atoms with Gasteiger partial charge in [-0.25, -0.2) is 8.42 Å². The first kappa shape index (κ1) is 17.2. The van der Waals surface area contributed by atoms with Gasteiger partial charge in [-0.1, -0.05) is 0 Å². The first-order valence-corrected chi connectivity index (χ1v) is 9.31. The van der Waals surface area contributed by atoms with E-state index >= 15 is 0 Å². The summed E-state index contributed by atoms with van der Waals surface area (Å²) in [7, 11) is -1.53. The molecule has 1 aliphatic heterocycles. The largest absolute Gasteiger partial charge is 0.389 e. The van der Waals surface area contributed by atoms with Gasteiger partial charge < -0.3 is 14.6 Å². The van der Waals surface area contributed by atoms with Crippen LogP contribution in [0, 0.1) is 0 Å². The number of hydrogen-bond acceptors (Lipinski definition) is 7. The summed E-state index contributed by atoms with van der Waals surface area (Å²) in [5, 5.41) is 9.38. The summed E-state index contributed by atoms with van der Waals surface area (Å²) in [6, 6.07) is 0. The van der Waals surface area contributed by atoms with E-state index in [0.29, 0.717) is 32.1 Å². The maximum Gasteiger partial charge on any atom is 0.164 e. The van der Waals surface area contributed by atoms with Crippen LogP contribution in [0.4, 0.5) is 0 Å². The van der Waals surface area contributed by atoms with Crippen molar-refractivity contribution in [2.75, 3.05) is 57.8 Å². The first-order chi connectivity index (χ1) is 8.95. The smallest absolute Gasteiger partial charge is 0.164 e. The number of thioether (sulfide) groups is 1. The van der Waals surface area contributed by atoms with Crippen LogP contribution in [-0.2, 0) is 19.3 Å². The van der Waals surface area contributed by atoms with Gasteiger partial charge in [0.2, 0.25) is 0 Å². The van der Waals surface area contributed by atoms with Gasteiger partial charge in [0, 0.05) is 38.0 Å². The molecule has 1 rings (SSSR count). The summed E-state index contributed by atoms with van der Waals surface area (Å²) in [4.78, 5) is 1.83. The number of nitrogens with zero attached hydrogens (tertiary/aromatic N) is 1. The van der Waals surface area contributed by atoms with E-state index in [1.165, 1.54) is 6.26 Å². The average molecular weight is 313 g/mol. The molecule has 1 heterocycles. The summed E-state index contributed by atoms with van der Waals surface area (Å²) in [5.41, 5.74) is 0. The van der Waals surface area contributed by atoms with Crippen LogP contribution >= 0.6 is 11.8 Å². The molecule has 2 atom stereocenters. The number of ether oxygens (including phenoxy) is 2. The van der Waals surface area contributed by atoms with E-state index in [4.69, 9.17) is 9.47 Å². The van der Waals surface area contributed by atoms with Crippen LogP contribution in [0.2, 0.25) is 0 Å². The number of aliphatic hydroxyl groups is 1. The molecule has 0 bridgehead atoms. The quantitative estimate of drug-likeness (QED) is 0.601. The summed E-state index contributed by atoms with van der Waals surface area (Å²) < 4.78 is 33.5. The van der Waals surface area contributed by atoms with Crippen LogP contribution < -0.4 is 0 Å². The van der Waals surface area contributed by atoms with Gasteiger partial charge in [-0.15, -0.1) is 0 Å².